The number of carbonyl (C=O) groups is 2. The van der Waals surface area contributed by atoms with Crippen molar-refractivity contribution in [3.63, 3.8) is 0 Å². The van der Waals surface area contributed by atoms with E-state index >= 15 is 0 Å². The Morgan fingerprint density at radius 1 is 1.04 bits per heavy atom. The lowest BCUT2D eigenvalue weighted by atomic mass is 9.86. The number of methoxy groups -OCH3 is 1. The summed E-state index contributed by atoms with van der Waals surface area (Å²) in [6, 6.07) is 0. The molecule has 8 nitrogen and oxygen atoms in total. The third kappa shape index (κ3) is 5.34. The maximum atomic E-state index is 13.5. The minimum Gasteiger partial charge on any atom is -0.469 e. The molecule has 2 atom stereocenters. The van der Waals surface area contributed by atoms with Gasteiger partial charge in [0, 0.05) is 65.5 Å². The molecule has 234 valence electrons. The number of rotatable bonds is 8. The highest BCUT2D eigenvalue weighted by Crippen LogP contribution is 2.45. The summed E-state index contributed by atoms with van der Waals surface area (Å²) in [6.07, 6.45) is 12.6. The third-order valence-electron chi connectivity index (χ3n) is 9.89. The van der Waals surface area contributed by atoms with Gasteiger partial charge in [-0.25, -0.2) is 15.0 Å². The Hall–Kier alpha value is -4.33. The van der Waals surface area contributed by atoms with Crippen molar-refractivity contribution in [1.82, 2.24) is 10.6 Å². The van der Waals surface area contributed by atoms with Crippen molar-refractivity contribution < 1.29 is 14.3 Å². The summed E-state index contributed by atoms with van der Waals surface area (Å²) < 4.78 is 4.99. The quantitative estimate of drug-likeness (QED) is 0.238. The van der Waals surface area contributed by atoms with Gasteiger partial charge in [-0.3, -0.25) is 9.59 Å². The molecule has 6 aliphatic rings. The van der Waals surface area contributed by atoms with Gasteiger partial charge >= 0.3 is 5.97 Å². The van der Waals surface area contributed by atoms with Crippen molar-refractivity contribution in [1.29, 1.82) is 0 Å². The first-order chi connectivity index (χ1) is 21.7. The summed E-state index contributed by atoms with van der Waals surface area (Å²) in [6.45, 7) is 13.6. The Morgan fingerprint density at radius 3 is 2.53 bits per heavy atom. The van der Waals surface area contributed by atoms with Crippen LogP contribution in [0.2, 0.25) is 0 Å². The van der Waals surface area contributed by atoms with Gasteiger partial charge in [0.1, 0.15) is 0 Å². The smallest absolute Gasteiger partial charge is 0.305 e. The first-order valence-electron chi connectivity index (χ1n) is 16.2. The van der Waals surface area contributed by atoms with Crippen LogP contribution in [0.4, 0.5) is 0 Å². The third-order valence-corrected chi connectivity index (χ3v) is 9.89. The lowest BCUT2D eigenvalue weighted by Crippen LogP contribution is -2.15. The lowest BCUT2D eigenvalue weighted by Gasteiger charge is -2.17. The molecule has 2 fully saturated rings. The number of hydrogen-bond acceptors (Lipinski definition) is 8. The van der Waals surface area contributed by atoms with Gasteiger partial charge in [-0.2, -0.15) is 0 Å². The summed E-state index contributed by atoms with van der Waals surface area (Å²) in [5.41, 5.74) is 14.1. The van der Waals surface area contributed by atoms with Crippen molar-refractivity contribution in [3.8, 4) is 0 Å². The lowest BCUT2D eigenvalue weighted by molar-refractivity contribution is -0.140. The second-order valence-electron chi connectivity index (χ2n) is 12.6. The Bertz CT molecular complexity index is 1750. The van der Waals surface area contributed by atoms with Crippen LogP contribution in [0.5, 0.6) is 0 Å². The molecule has 5 heterocycles. The van der Waals surface area contributed by atoms with Gasteiger partial charge < -0.3 is 15.4 Å². The molecule has 5 aliphatic heterocycles. The Morgan fingerprint density at radius 2 is 1.80 bits per heavy atom. The highest BCUT2D eigenvalue weighted by Gasteiger charge is 2.43. The predicted octanol–water partition coefficient (Wildman–Crippen LogP) is 6.64. The van der Waals surface area contributed by atoms with Crippen LogP contribution in [0.25, 0.3) is 0 Å². The second-order valence-corrected chi connectivity index (χ2v) is 12.6. The van der Waals surface area contributed by atoms with E-state index in [0.29, 0.717) is 24.8 Å². The molecule has 2 N–H and O–H groups in total. The Balaban J connectivity index is 1.57. The minimum atomic E-state index is -0.238. The molecule has 1 saturated carbocycles. The normalized spacial score (nSPS) is 24.7. The van der Waals surface area contributed by atoms with Crippen molar-refractivity contribution in [2.45, 2.75) is 80.1 Å². The number of hydrogen-bond donors (Lipinski definition) is 2. The molecule has 0 radical (unpaired) electrons. The molecule has 0 spiro atoms. The molecule has 0 amide bonds. The van der Waals surface area contributed by atoms with Gasteiger partial charge in [-0.1, -0.05) is 27.2 Å². The molecule has 0 unspecified atom stereocenters. The molecule has 0 aromatic carbocycles. The van der Waals surface area contributed by atoms with Gasteiger partial charge in [0.15, 0.2) is 5.78 Å². The van der Waals surface area contributed by atoms with E-state index < -0.39 is 0 Å². The summed E-state index contributed by atoms with van der Waals surface area (Å²) >= 11 is 0. The summed E-state index contributed by atoms with van der Waals surface area (Å²) in [7, 11) is 1.42. The Labute approximate surface area is 266 Å². The number of carbonyl (C=O) groups excluding carboxylic acids is 2. The number of allylic oxidation sites excluding steroid dienone is 12. The number of ketones is 1. The van der Waals surface area contributed by atoms with Crippen LogP contribution in [0.1, 0.15) is 80.1 Å². The van der Waals surface area contributed by atoms with Crippen LogP contribution in [-0.4, -0.2) is 42.5 Å². The van der Waals surface area contributed by atoms with Gasteiger partial charge in [0.25, 0.3) is 0 Å². The van der Waals surface area contributed by atoms with E-state index in [1.54, 1.807) is 0 Å². The number of nitrogens with one attached hydrogen (secondary N) is 2. The topological polar surface area (TPSA) is 105 Å². The van der Waals surface area contributed by atoms with E-state index in [-0.39, 0.29) is 23.6 Å². The van der Waals surface area contributed by atoms with Crippen molar-refractivity contribution in [2.75, 3.05) is 13.7 Å². The molecular formula is C37H43N5O3. The fourth-order valence-electron chi connectivity index (χ4n) is 7.12. The summed E-state index contributed by atoms with van der Waals surface area (Å²) in [4.78, 5) is 41.1. The first kappa shape index (κ1) is 30.7. The molecule has 45 heavy (non-hydrogen) atoms. The number of esters is 1. The molecule has 1 saturated heterocycles. The fourth-order valence-corrected chi connectivity index (χ4v) is 7.12. The summed E-state index contributed by atoms with van der Waals surface area (Å²) in [5.74, 6) is -0.0822. The van der Waals surface area contributed by atoms with Crippen molar-refractivity contribution in [3.05, 3.63) is 91.9 Å². The van der Waals surface area contributed by atoms with Crippen LogP contribution >= 0.6 is 0 Å². The zero-order chi connectivity index (χ0) is 32.0. The highest BCUT2D eigenvalue weighted by atomic mass is 16.5. The highest BCUT2D eigenvalue weighted by molar-refractivity contribution is 6.38. The van der Waals surface area contributed by atoms with E-state index in [0.717, 1.165) is 99.3 Å². The monoisotopic (exact) mass is 605 g/mol. The fraction of sp³-hybridized carbons (Fsp3) is 0.432. The average molecular weight is 606 g/mol. The number of nitrogens with zero attached hydrogens (tertiary/aromatic N) is 3. The second kappa shape index (κ2) is 12.2. The molecular weight excluding hydrogens is 562 g/mol. The zero-order valence-electron chi connectivity index (χ0n) is 27.5. The molecule has 0 aromatic heterocycles. The van der Waals surface area contributed by atoms with Crippen LogP contribution in [0, 0.1) is 11.8 Å². The zero-order valence-corrected chi connectivity index (χ0v) is 27.5. The van der Waals surface area contributed by atoms with E-state index in [2.05, 4.69) is 63.6 Å². The van der Waals surface area contributed by atoms with E-state index in [1.165, 1.54) is 12.7 Å². The number of ether oxygens (including phenoxy) is 1. The Kier molecular flexibility index (Phi) is 8.33. The number of unbranched alkanes of at least 4 members (excludes halogenated alkanes) is 1. The van der Waals surface area contributed by atoms with Crippen LogP contribution in [0.3, 0.4) is 0 Å². The van der Waals surface area contributed by atoms with Gasteiger partial charge in [-0.15, -0.1) is 0 Å². The van der Waals surface area contributed by atoms with Gasteiger partial charge in [0.05, 0.1) is 41.3 Å². The predicted molar refractivity (Wildman–Crippen MR) is 180 cm³/mol. The number of fused-ring (bicyclic) bond motifs is 5. The van der Waals surface area contributed by atoms with Crippen LogP contribution in [0.15, 0.2) is 107 Å². The maximum Gasteiger partial charge on any atom is 0.305 e. The minimum absolute atomic E-state index is 0.000448. The molecule has 1 aliphatic carbocycles. The van der Waals surface area contributed by atoms with E-state index in [1.807, 2.05) is 13.0 Å². The van der Waals surface area contributed by atoms with Crippen molar-refractivity contribution in [2.24, 2.45) is 26.8 Å². The van der Waals surface area contributed by atoms with E-state index in [4.69, 9.17) is 19.7 Å². The largest absolute Gasteiger partial charge is 0.469 e. The average Bonchev–Trinajstić information content (AvgIpc) is 3.77. The maximum absolute atomic E-state index is 13.5. The molecule has 8 bridgehead atoms. The molecule has 8 heteroatoms. The molecule has 0 aromatic rings. The van der Waals surface area contributed by atoms with Crippen LogP contribution in [-0.2, 0) is 14.3 Å². The standard InChI is InChI=1S/C37H43N5O3/c1-8-10-13-38-18-26-21(5)27-15-29-20(4)24(11-12-34(44)45-7)36(41-29)25-14-33(43)35-22(6)30(42-37(25)35)17-31-23(9-2)19(3)28(39-31)16-32(26)40-27/h15-18,20,24,38,41H,8-14H2,1-7H3/b26-18-,28-16?,29-15?,30-17?,36-25?/t20-,24-/m0/s1. The first-order valence-corrected chi connectivity index (χ1v) is 16.2. The molecule has 6 rings (SSSR count). The van der Waals surface area contributed by atoms with E-state index in [9.17, 15) is 9.59 Å². The van der Waals surface area contributed by atoms with Crippen molar-refractivity contribution >= 4 is 28.9 Å². The van der Waals surface area contributed by atoms with Gasteiger partial charge in [-0.05, 0) is 80.6 Å². The SMILES string of the molecule is CCCCN/C=C1\C2=NC(=C1C)C=C1NC(=C3CC(=O)C4=C(C)C(=CC5=NC(=C2)C(C)=C5CC)N=C34)[C@@H](CCC(=O)OC)[C@@H]1C. The van der Waals surface area contributed by atoms with Crippen LogP contribution < -0.4 is 10.6 Å². The number of aliphatic imine (C=N–C) groups is 3. The van der Waals surface area contributed by atoms with Gasteiger partial charge in [0.2, 0.25) is 0 Å². The summed E-state index contributed by atoms with van der Waals surface area (Å²) in [5, 5.41) is 7.22. The number of Topliss-reactive ketones (excluding diaryl/α,β-unsaturated/α-hetero) is 1.